The molecule has 17 heavy (non-hydrogen) atoms. The Morgan fingerprint density at radius 3 is 2.35 bits per heavy atom. The van der Waals surface area contributed by atoms with Crippen molar-refractivity contribution in [1.29, 1.82) is 0 Å². The average Bonchev–Trinajstić information content (AvgIpc) is 2.40. The smallest absolute Gasteiger partial charge is 0.169 e. The van der Waals surface area contributed by atoms with Gasteiger partial charge in [-0.1, -0.05) is 32.6 Å². The van der Waals surface area contributed by atoms with E-state index in [0.717, 1.165) is 24.1 Å². The molecule has 0 atom stereocenters. The summed E-state index contributed by atoms with van der Waals surface area (Å²) in [5.41, 5.74) is 0. The van der Waals surface area contributed by atoms with Gasteiger partial charge in [-0.05, 0) is 43.8 Å². The lowest BCUT2D eigenvalue weighted by Crippen LogP contribution is -2.48. The molecule has 2 nitrogen and oxygen atoms in total. The van der Waals surface area contributed by atoms with Crippen LogP contribution in [0.4, 0.5) is 0 Å². The molecule has 98 valence electrons. The van der Waals surface area contributed by atoms with Gasteiger partial charge in [0.2, 0.25) is 0 Å². The molecule has 1 aliphatic carbocycles. The Morgan fingerprint density at radius 1 is 1.12 bits per heavy atom. The first-order valence-electron chi connectivity index (χ1n) is 7.35. The third-order valence-electron chi connectivity index (χ3n) is 4.41. The minimum atomic E-state index is 0.653. The largest absolute Gasteiger partial charge is 0.360 e. The van der Waals surface area contributed by atoms with Gasteiger partial charge in [0.1, 0.15) is 0 Å². The Labute approximate surface area is 111 Å². The van der Waals surface area contributed by atoms with Crippen LogP contribution in [0.3, 0.4) is 0 Å². The van der Waals surface area contributed by atoms with Crippen molar-refractivity contribution < 1.29 is 0 Å². The van der Waals surface area contributed by atoms with Crippen LogP contribution in [-0.4, -0.2) is 29.1 Å². The first kappa shape index (κ1) is 13.1. The molecule has 1 saturated carbocycles. The minimum absolute atomic E-state index is 0.653. The summed E-state index contributed by atoms with van der Waals surface area (Å²) in [6.45, 7) is 4.63. The van der Waals surface area contributed by atoms with E-state index in [1.807, 2.05) is 0 Å². The molecule has 0 radical (unpaired) electrons. The zero-order valence-electron chi connectivity index (χ0n) is 11.1. The maximum absolute atomic E-state index is 5.54. The summed E-state index contributed by atoms with van der Waals surface area (Å²) in [7, 11) is 0. The zero-order valence-corrected chi connectivity index (χ0v) is 11.9. The summed E-state index contributed by atoms with van der Waals surface area (Å²) >= 11 is 5.54. The van der Waals surface area contributed by atoms with E-state index < -0.39 is 0 Å². The van der Waals surface area contributed by atoms with E-state index in [-0.39, 0.29) is 0 Å². The van der Waals surface area contributed by atoms with E-state index in [9.17, 15) is 0 Å². The van der Waals surface area contributed by atoms with Crippen molar-refractivity contribution in [2.75, 3.05) is 13.1 Å². The van der Waals surface area contributed by atoms with Gasteiger partial charge < -0.3 is 10.2 Å². The van der Waals surface area contributed by atoms with Crippen molar-refractivity contribution in [3.8, 4) is 0 Å². The van der Waals surface area contributed by atoms with E-state index in [1.165, 1.54) is 51.4 Å². The van der Waals surface area contributed by atoms with Gasteiger partial charge >= 0.3 is 0 Å². The molecule has 2 fully saturated rings. The quantitative estimate of drug-likeness (QED) is 0.761. The first-order valence-corrected chi connectivity index (χ1v) is 7.76. The zero-order chi connectivity index (χ0) is 12.1. The van der Waals surface area contributed by atoms with E-state index >= 15 is 0 Å². The molecule has 3 heteroatoms. The molecule has 0 amide bonds. The van der Waals surface area contributed by atoms with Crippen LogP contribution >= 0.6 is 12.2 Å². The molecule has 0 aromatic carbocycles. The second kappa shape index (κ2) is 6.58. The molecular formula is C14H26N2S. The fourth-order valence-electron chi connectivity index (χ4n) is 3.06. The predicted octanol–water partition coefficient (Wildman–Crippen LogP) is 3.32. The van der Waals surface area contributed by atoms with Crippen LogP contribution in [-0.2, 0) is 0 Å². The summed E-state index contributed by atoms with van der Waals surface area (Å²) in [5.74, 6) is 0.934. The molecule has 2 aliphatic rings. The molecule has 1 N–H and O–H groups in total. The summed E-state index contributed by atoms with van der Waals surface area (Å²) in [6.07, 6.45) is 10.8. The highest BCUT2D eigenvalue weighted by Gasteiger charge is 2.21. The van der Waals surface area contributed by atoms with Gasteiger partial charge in [0.05, 0.1) is 0 Å². The highest BCUT2D eigenvalue weighted by atomic mass is 32.1. The molecule has 1 saturated heterocycles. The number of hydrogen-bond acceptors (Lipinski definition) is 1. The second-order valence-electron chi connectivity index (χ2n) is 5.62. The van der Waals surface area contributed by atoms with Gasteiger partial charge in [0, 0.05) is 19.1 Å². The summed E-state index contributed by atoms with van der Waals surface area (Å²) in [5, 5.41) is 4.60. The van der Waals surface area contributed by atoms with Gasteiger partial charge in [0.25, 0.3) is 0 Å². The monoisotopic (exact) mass is 254 g/mol. The Bertz CT molecular complexity index is 241. The Balaban J connectivity index is 1.72. The number of piperidine rings is 1. The van der Waals surface area contributed by atoms with Crippen LogP contribution in [0.25, 0.3) is 0 Å². The lowest BCUT2D eigenvalue weighted by molar-refractivity contribution is 0.255. The topological polar surface area (TPSA) is 15.3 Å². The lowest BCUT2D eigenvalue weighted by Gasteiger charge is -2.35. The Hall–Kier alpha value is -0.310. The molecule has 0 unspecified atom stereocenters. The molecule has 0 bridgehead atoms. The summed E-state index contributed by atoms with van der Waals surface area (Å²) < 4.78 is 0. The molecule has 0 spiro atoms. The van der Waals surface area contributed by atoms with Gasteiger partial charge in [-0.15, -0.1) is 0 Å². The fraction of sp³-hybridized carbons (Fsp3) is 0.929. The fourth-order valence-corrected chi connectivity index (χ4v) is 3.41. The summed E-state index contributed by atoms with van der Waals surface area (Å²) in [6, 6.07) is 0.653. The third kappa shape index (κ3) is 3.84. The SMILES string of the molecule is CCC1CCN(C(=S)NC2CCCCC2)CC1. The van der Waals surface area contributed by atoms with Crippen LogP contribution in [0, 0.1) is 5.92 Å². The Kier molecular flexibility index (Phi) is 5.08. The lowest BCUT2D eigenvalue weighted by atomic mass is 9.94. The number of rotatable bonds is 2. The number of nitrogens with one attached hydrogen (secondary N) is 1. The van der Waals surface area contributed by atoms with E-state index in [4.69, 9.17) is 12.2 Å². The number of hydrogen-bond donors (Lipinski definition) is 1. The normalized spacial score (nSPS) is 23.7. The van der Waals surface area contributed by atoms with Crippen molar-refractivity contribution in [1.82, 2.24) is 10.2 Å². The first-order chi connectivity index (χ1) is 8.29. The van der Waals surface area contributed by atoms with Crippen LogP contribution in [0.2, 0.25) is 0 Å². The van der Waals surface area contributed by atoms with Gasteiger partial charge in [-0.25, -0.2) is 0 Å². The average molecular weight is 254 g/mol. The van der Waals surface area contributed by atoms with Crippen molar-refractivity contribution in [3.63, 3.8) is 0 Å². The molecule has 0 aromatic rings. The minimum Gasteiger partial charge on any atom is -0.360 e. The van der Waals surface area contributed by atoms with Crippen LogP contribution in [0.15, 0.2) is 0 Å². The maximum atomic E-state index is 5.54. The maximum Gasteiger partial charge on any atom is 0.169 e. The van der Waals surface area contributed by atoms with Crippen molar-refractivity contribution in [3.05, 3.63) is 0 Å². The van der Waals surface area contributed by atoms with Crippen LogP contribution in [0.5, 0.6) is 0 Å². The molecule has 2 rings (SSSR count). The number of nitrogens with zero attached hydrogens (tertiary/aromatic N) is 1. The summed E-state index contributed by atoms with van der Waals surface area (Å²) in [4.78, 5) is 2.39. The van der Waals surface area contributed by atoms with E-state index in [1.54, 1.807) is 0 Å². The van der Waals surface area contributed by atoms with E-state index in [0.29, 0.717) is 6.04 Å². The number of thiocarbonyl (C=S) groups is 1. The molecule has 1 aliphatic heterocycles. The second-order valence-corrected chi connectivity index (χ2v) is 6.01. The van der Waals surface area contributed by atoms with Gasteiger partial charge in [0.15, 0.2) is 5.11 Å². The number of likely N-dealkylation sites (tertiary alicyclic amines) is 1. The third-order valence-corrected chi connectivity index (χ3v) is 4.79. The highest BCUT2D eigenvalue weighted by Crippen LogP contribution is 2.21. The van der Waals surface area contributed by atoms with Gasteiger partial charge in [-0.2, -0.15) is 0 Å². The van der Waals surface area contributed by atoms with E-state index in [2.05, 4.69) is 17.1 Å². The highest BCUT2D eigenvalue weighted by molar-refractivity contribution is 7.80. The molecular weight excluding hydrogens is 228 g/mol. The van der Waals surface area contributed by atoms with Gasteiger partial charge in [-0.3, -0.25) is 0 Å². The standard InChI is InChI=1S/C14H26N2S/c1-2-12-8-10-16(11-9-12)14(17)15-13-6-4-3-5-7-13/h12-13H,2-11H2,1H3,(H,15,17). The van der Waals surface area contributed by atoms with Crippen LogP contribution in [0.1, 0.15) is 58.3 Å². The van der Waals surface area contributed by atoms with Crippen molar-refractivity contribution >= 4 is 17.3 Å². The van der Waals surface area contributed by atoms with Crippen molar-refractivity contribution in [2.45, 2.75) is 64.3 Å². The van der Waals surface area contributed by atoms with Crippen molar-refractivity contribution in [2.24, 2.45) is 5.92 Å². The van der Waals surface area contributed by atoms with Crippen LogP contribution < -0.4 is 5.32 Å². The Morgan fingerprint density at radius 2 is 1.76 bits per heavy atom. The molecule has 0 aromatic heterocycles. The predicted molar refractivity (Wildman–Crippen MR) is 77.2 cm³/mol. The molecule has 1 heterocycles.